The summed E-state index contributed by atoms with van der Waals surface area (Å²) in [5.74, 6) is 0.699. The van der Waals surface area contributed by atoms with Gasteiger partial charge in [-0.25, -0.2) is 0 Å². The number of anilines is 2. The van der Waals surface area contributed by atoms with E-state index in [1.807, 2.05) is 38.1 Å². The molecule has 26 heavy (non-hydrogen) atoms. The molecule has 4 rings (SSSR count). The normalized spacial score (nSPS) is 15.0. The maximum Gasteiger partial charge on any atom is 0.286 e. The van der Waals surface area contributed by atoms with Crippen molar-refractivity contribution in [2.45, 2.75) is 19.8 Å². The van der Waals surface area contributed by atoms with Gasteiger partial charge in [0.1, 0.15) is 0 Å². The minimum Gasteiger partial charge on any atom is -0.378 e. The number of benzene rings is 1. The van der Waals surface area contributed by atoms with E-state index >= 15 is 0 Å². The summed E-state index contributed by atoms with van der Waals surface area (Å²) in [5.41, 5.74) is 1.77. The van der Waals surface area contributed by atoms with E-state index in [0.717, 1.165) is 30.3 Å². The molecular weight excluding hydrogens is 352 g/mol. The minimum atomic E-state index is -0.240. The molecule has 3 heterocycles. The standard InChI is InChI=1S/C17H20N6O2S/c1-11(2)14-19-20-17-23(14)21-16(26-17)15(24)18-12-5-3-4-6-13(12)22-7-9-25-10-8-22/h3-6,11H,7-10H2,1-2H3,(H,18,24). The number of rotatable bonds is 4. The number of para-hydroxylation sites is 2. The maximum absolute atomic E-state index is 12.7. The fourth-order valence-electron chi connectivity index (χ4n) is 2.92. The lowest BCUT2D eigenvalue weighted by molar-refractivity contribution is 0.102. The molecule has 1 N–H and O–H groups in total. The van der Waals surface area contributed by atoms with Crippen LogP contribution in [0.1, 0.15) is 35.4 Å². The molecule has 1 aliphatic rings. The van der Waals surface area contributed by atoms with Crippen molar-refractivity contribution in [3.8, 4) is 0 Å². The van der Waals surface area contributed by atoms with Gasteiger partial charge in [0.15, 0.2) is 5.82 Å². The van der Waals surface area contributed by atoms with Crippen LogP contribution in [-0.2, 0) is 4.74 Å². The lowest BCUT2D eigenvalue weighted by Crippen LogP contribution is -2.36. The third kappa shape index (κ3) is 3.15. The predicted octanol–water partition coefficient (Wildman–Crippen LogP) is 2.40. The van der Waals surface area contributed by atoms with Gasteiger partial charge in [-0.05, 0) is 12.1 Å². The molecule has 9 heteroatoms. The lowest BCUT2D eigenvalue weighted by atomic mass is 10.2. The number of fused-ring (bicyclic) bond motifs is 1. The van der Waals surface area contributed by atoms with Gasteiger partial charge in [0, 0.05) is 19.0 Å². The number of hydrogen-bond donors (Lipinski definition) is 1. The molecule has 1 aliphatic heterocycles. The first-order chi connectivity index (χ1) is 12.6. The maximum atomic E-state index is 12.7. The molecule has 0 atom stereocenters. The topological polar surface area (TPSA) is 84.7 Å². The van der Waals surface area contributed by atoms with E-state index in [9.17, 15) is 4.79 Å². The van der Waals surface area contributed by atoms with Crippen molar-refractivity contribution in [3.05, 3.63) is 35.1 Å². The Morgan fingerprint density at radius 2 is 2.00 bits per heavy atom. The van der Waals surface area contributed by atoms with Crippen LogP contribution in [0.15, 0.2) is 24.3 Å². The van der Waals surface area contributed by atoms with Crippen molar-refractivity contribution in [1.82, 2.24) is 19.8 Å². The summed E-state index contributed by atoms with van der Waals surface area (Å²) in [7, 11) is 0. The summed E-state index contributed by atoms with van der Waals surface area (Å²) in [5, 5.41) is 16.0. The summed E-state index contributed by atoms with van der Waals surface area (Å²) in [6, 6.07) is 7.80. The fraction of sp³-hybridized carbons (Fsp3) is 0.412. The number of ether oxygens (including phenoxy) is 1. The van der Waals surface area contributed by atoms with E-state index in [1.165, 1.54) is 11.3 Å². The zero-order chi connectivity index (χ0) is 18.1. The first-order valence-corrected chi connectivity index (χ1v) is 9.40. The van der Waals surface area contributed by atoms with Crippen LogP contribution < -0.4 is 10.2 Å². The lowest BCUT2D eigenvalue weighted by Gasteiger charge is -2.30. The molecule has 1 fully saturated rings. The summed E-state index contributed by atoms with van der Waals surface area (Å²) >= 11 is 1.24. The summed E-state index contributed by atoms with van der Waals surface area (Å²) in [6.45, 7) is 7.04. The Kier molecular flexibility index (Phi) is 4.56. The predicted molar refractivity (Wildman–Crippen MR) is 100 cm³/mol. The van der Waals surface area contributed by atoms with Crippen molar-refractivity contribution >= 4 is 33.6 Å². The Hall–Kier alpha value is -2.52. The van der Waals surface area contributed by atoms with Gasteiger partial charge in [-0.1, -0.05) is 37.3 Å². The third-order valence-corrected chi connectivity index (χ3v) is 5.13. The van der Waals surface area contributed by atoms with Crippen LogP contribution in [0.25, 0.3) is 4.96 Å². The van der Waals surface area contributed by atoms with Crippen LogP contribution in [0, 0.1) is 0 Å². The van der Waals surface area contributed by atoms with E-state index in [2.05, 4.69) is 25.5 Å². The van der Waals surface area contributed by atoms with E-state index in [-0.39, 0.29) is 11.8 Å². The van der Waals surface area contributed by atoms with Gasteiger partial charge in [0.05, 0.1) is 24.6 Å². The molecule has 2 aromatic heterocycles. The van der Waals surface area contributed by atoms with Crippen LogP contribution in [0.4, 0.5) is 11.4 Å². The smallest absolute Gasteiger partial charge is 0.286 e. The zero-order valence-electron chi connectivity index (χ0n) is 14.7. The molecule has 0 unspecified atom stereocenters. The molecule has 0 spiro atoms. The second kappa shape index (κ2) is 7.00. The van der Waals surface area contributed by atoms with Gasteiger partial charge in [-0.2, -0.15) is 4.52 Å². The van der Waals surface area contributed by atoms with E-state index in [0.29, 0.717) is 23.2 Å². The highest BCUT2D eigenvalue weighted by Gasteiger charge is 2.20. The number of morpholine rings is 1. The molecule has 1 aromatic carbocycles. The number of amides is 1. The Morgan fingerprint density at radius 3 is 2.77 bits per heavy atom. The van der Waals surface area contributed by atoms with Gasteiger partial charge in [0.25, 0.3) is 5.91 Å². The third-order valence-electron chi connectivity index (χ3n) is 4.23. The van der Waals surface area contributed by atoms with Crippen LogP contribution >= 0.6 is 11.3 Å². The quantitative estimate of drug-likeness (QED) is 0.757. The zero-order valence-corrected chi connectivity index (χ0v) is 15.5. The average Bonchev–Trinajstić information content (AvgIpc) is 3.23. The van der Waals surface area contributed by atoms with Gasteiger partial charge >= 0.3 is 0 Å². The fourth-order valence-corrected chi connectivity index (χ4v) is 3.66. The Bertz CT molecular complexity index is 928. The Labute approximate surface area is 154 Å². The van der Waals surface area contributed by atoms with Crippen molar-refractivity contribution in [2.75, 3.05) is 36.5 Å². The van der Waals surface area contributed by atoms with E-state index < -0.39 is 0 Å². The first-order valence-electron chi connectivity index (χ1n) is 8.58. The first kappa shape index (κ1) is 16.9. The van der Waals surface area contributed by atoms with Crippen LogP contribution in [0.5, 0.6) is 0 Å². The highest BCUT2D eigenvalue weighted by Crippen LogP contribution is 2.27. The van der Waals surface area contributed by atoms with E-state index in [4.69, 9.17) is 4.74 Å². The number of carbonyl (C=O) groups is 1. The highest BCUT2D eigenvalue weighted by molar-refractivity contribution is 7.18. The number of nitrogens with one attached hydrogen (secondary N) is 1. The second-order valence-corrected chi connectivity index (χ2v) is 7.34. The largest absolute Gasteiger partial charge is 0.378 e. The molecule has 8 nitrogen and oxygen atoms in total. The van der Waals surface area contributed by atoms with Gasteiger partial charge in [-0.3, -0.25) is 4.79 Å². The molecule has 0 saturated carbocycles. The molecule has 1 amide bonds. The molecular formula is C17H20N6O2S. The summed E-state index contributed by atoms with van der Waals surface area (Å²) in [4.78, 5) is 15.6. The molecule has 0 bridgehead atoms. The molecule has 0 radical (unpaired) electrons. The number of aromatic nitrogens is 4. The van der Waals surface area contributed by atoms with Crippen molar-refractivity contribution in [3.63, 3.8) is 0 Å². The van der Waals surface area contributed by atoms with Crippen LogP contribution in [0.3, 0.4) is 0 Å². The SMILES string of the molecule is CC(C)c1nnc2sc(C(=O)Nc3ccccc3N3CCOCC3)nn12. The van der Waals surface area contributed by atoms with E-state index in [1.54, 1.807) is 4.52 Å². The van der Waals surface area contributed by atoms with Gasteiger partial charge < -0.3 is 15.0 Å². The monoisotopic (exact) mass is 372 g/mol. The van der Waals surface area contributed by atoms with Crippen molar-refractivity contribution in [2.24, 2.45) is 0 Å². The number of carbonyl (C=O) groups excluding carboxylic acids is 1. The minimum absolute atomic E-state index is 0.185. The van der Waals surface area contributed by atoms with Crippen molar-refractivity contribution < 1.29 is 9.53 Å². The second-order valence-electron chi connectivity index (χ2n) is 6.39. The summed E-state index contributed by atoms with van der Waals surface area (Å²) in [6.07, 6.45) is 0. The Morgan fingerprint density at radius 1 is 1.23 bits per heavy atom. The number of hydrogen-bond acceptors (Lipinski definition) is 7. The molecule has 1 saturated heterocycles. The number of nitrogens with zero attached hydrogens (tertiary/aromatic N) is 5. The van der Waals surface area contributed by atoms with Crippen LogP contribution in [0.2, 0.25) is 0 Å². The van der Waals surface area contributed by atoms with Crippen LogP contribution in [-0.4, -0.2) is 52.0 Å². The van der Waals surface area contributed by atoms with Gasteiger partial charge in [0.2, 0.25) is 9.97 Å². The highest BCUT2D eigenvalue weighted by atomic mass is 32.1. The Balaban J connectivity index is 1.59. The summed E-state index contributed by atoms with van der Waals surface area (Å²) < 4.78 is 7.06. The van der Waals surface area contributed by atoms with Gasteiger partial charge in [-0.15, -0.1) is 15.3 Å². The molecule has 0 aliphatic carbocycles. The average molecular weight is 372 g/mol. The molecule has 3 aromatic rings. The molecule has 136 valence electrons. The van der Waals surface area contributed by atoms with Crippen molar-refractivity contribution in [1.29, 1.82) is 0 Å².